The number of nitrogens with two attached hydrogens (primary N) is 1. The van der Waals surface area contributed by atoms with E-state index in [1.165, 1.54) is 0 Å². The van der Waals surface area contributed by atoms with Crippen LogP contribution in [0.3, 0.4) is 0 Å². The van der Waals surface area contributed by atoms with Crippen molar-refractivity contribution >= 4 is 16.0 Å². The van der Waals surface area contributed by atoms with Crippen LogP contribution in [0.5, 0.6) is 0 Å². The monoisotopic (exact) mass is 266 g/mol. The van der Waals surface area contributed by atoms with E-state index >= 15 is 0 Å². The molecule has 0 aromatic carbocycles. The van der Waals surface area contributed by atoms with Gasteiger partial charge in [-0.05, 0) is 19.3 Å². The lowest BCUT2D eigenvalue weighted by molar-refractivity contribution is -0.139. The Hall–Kier alpha value is -0.660. The summed E-state index contributed by atoms with van der Waals surface area (Å²) in [5.41, 5.74) is 5.73. The van der Waals surface area contributed by atoms with Gasteiger partial charge in [0.15, 0.2) is 5.75 Å². The molecule has 3 N–H and O–H groups in total. The Labute approximate surface area is 103 Å². The van der Waals surface area contributed by atoms with Gasteiger partial charge in [-0.1, -0.05) is 13.8 Å². The van der Waals surface area contributed by atoms with Gasteiger partial charge in [-0.15, -0.1) is 0 Å². The SMILES string of the molecule is CCOC(=O)CS(=O)(=O)NCC(N)CC(C)C. The number of esters is 1. The zero-order valence-electron chi connectivity index (χ0n) is 10.6. The molecule has 0 fully saturated rings. The first-order valence-electron chi connectivity index (χ1n) is 5.65. The van der Waals surface area contributed by atoms with Gasteiger partial charge in [-0.2, -0.15) is 0 Å². The van der Waals surface area contributed by atoms with Crippen molar-refractivity contribution in [3.8, 4) is 0 Å². The van der Waals surface area contributed by atoms with Crippen LogP contribution in [0.25, 0.3) is 0 Å². The fourth-order valence-corrected chi connectivity index (χ4v) is 2.30. The minimum atomic E-state index is -3.64. The first-order chi connectivity index (χ1) is 7.76. The first-order valence-corrected chi connectivity index (χ1v) is 7.30. The summed E-state index contributed by atoms with van der Waals surface area (Å²) in [6.07, 6.45) is 0.724. The molecule has 0 aliphatic heterocycles. The van der Waals surface area contributed by atoms with Crippen molar-refractivity contribution in [3.05, 3.63) is 0 Å². The minimum absolute atomic E-state index is 0.139. The van der Waals surface area contributed by atoms with Gasteiger partial charge in [0.25, 0.3) is 0 Å². The molecule has 0 saturated carbocycles. The second kappa shape index (κ2) is 7.62. The fourth-order valence-electron chi connectivity index (χ4n) is 1.33. The maximum atomic E-state index is 11.4. The molecule has 0 spiro atoms. The van der Waals surface area contributed by atoms with E-state index in [1.807, 2.05) is 13.8 Å². The van der Waals surface area contributed by atoms with Gasteiger partial charge in [0.1, 0.15) is 0 Å². The molecule has 0 amide bonds. The number of carbonyl (C=O) groups is 1. The van der Waals surface area contributed by atoms with Crippen molar-refractivity contribution in [1.82, 2.24) is 4.72 Å². The smallest absolute Gasteiger partial charge is 0.322 e. The van der Waals surface area contributed by atoms with Gasteiger partial charge < -0.3 is 10.5 Å². The maximum absolute atomic E-state index is 11.4. The van der Waals surface area contributed by atoms with E-state index in [-0.39, 0.29) is 19.2 Å². The highest BCUT2D eigenvalue weighted by atomic mass is 32.2. The molecule has 1 atom stereocenters. The predicted octanol–water partition coefficient (Wildman–Crippen LogP) is -0.158. The van der Waals surface area contributed by atoms with Crippen molar-refractivity contribution in [2.24, 2.45) is 11.7 Å². The molecule has 6 nitrogen and oxygen atoms in total. The molecular weight excluding hydrogens is 244 g/mol. The summed E-state index contributed by atoms with van der Waals surface area (Å²) in [6, 6.07) is -0.244. The quantitative estimate of drug-likeness (QED) is 0.595. The van der Waals surface area contributed by atoms with E-state index in [2.05, 4.69) is 9.46 Å². The van der Waals surface area contributed by atoms with Crippen LogP contribution < -0.4 is 10.5 Å². The average Bonchev–Trinajstić information content (AvgIpc) is 2.13. The number of sulfonamides is 1. The van der Waals surface area contributed by atoms with Gasteiger partial charge in [-0.3, -0.25) is 4.79 Å². The van der Waals surface area contributed by atoms with Crippen LogP contribution in [-0.2, 0) is 19.6 Å². The summed E-state index contributed by atoms with van der Waals surface area (Å²) in [5.74, 6) is -1.01. The second-order valence-electron chi connectivity index (χ2n) is 4.30. The third kappa shape index (κ3) is 9.08. The molecule has 0 heterocycles. The summed E-state index contributed by atoms with van der Waals surface area (Å²) >= 11 is 0. The van der Waals surface area contributed by atoms with E-state index in [9.17, 15) is 13.2 Å². The van der Waals surface area contributed by atoms with E-state index in [4.69, 9.17) is 5.73 Å². The van der Waals surface area contributed by atoms with Crippen LogP contribution in [0.1, 0.15) is 27.2 Å². The molecule has 0 saturated heterocycles. The van der Waals surface area contributed by atoms with Crippen molar-refractivity contribution < 1.29 is 17.9 Å². The molecule has 0 aromatic heterocycles. The lowest BCUT2D eigenvalue weighted by Crippen LogP contribution is -2.40. The van der Waals surface area contributed by atoms with E-state index in [0.717, 1.165) is 6.42 Å². The van der Waals surface area contributed by atoms with Crippen LogP contribution in [-0.4, -0.2) is 39.3 Å². The van der Waals surface area contributed by atoms with Crippen molar-refractivity contribution in [2.45, 2.75) is 33.2 Å². The third-order valence-electron chi connectivity index (χ3n) is 1.95. The molecular formula is C10H22N2O4S. The molecule has 1 unspecified atom stereocenters. The third-order valence-corrected chi connectivity index (χ3v) is 3.18. The second-order valence-corrected chi connectivity index (χ2v) is 6.11. The molecule has 0 aliphatic rings. The molecule has 0 bridgehead atoms. The molecule has 17 heavy (non-hydrogen) atoms. The van der Waals surface area contributed by atoms with Gasteiger partial charge in [0, 0.05) is 12.6 Å². The number of rotatable bonds is 8. The van der Waals surface area contributed by atoms with Gasteiger partial charge in [0.2, 0.25) is 10.0 Å². The Bertz CT molecular complexity index is 327. The molecule has 7 heteroatoms. The van der Waals surface area contributed by atoms with Crippen LogP contribution in [0.15, 0.2) is 0 Å². The Morgan fingerprint density at radius 2 is 2.00 bits per heavy atom. The van der Waals surface area contributed by atoms with Crippen molar-refractivity contribution in [3.63, 3.8) is 0 Å². The Morgan fingerprint density at radius 3 is 2.47 bits per heavy atom. The maximum Gasteiger partial charge on any atom is 0.322 e. The summed E-state index contributed by atoms with van der Waals surface area (Å²) in [5, 5.41) is 0. The summed E-state index contributed by atoms with van der Waals surface area (Å²) in [7, 11) is -3.64. The number of carbonyl (C=O) groups excluding carboxylic acids is 1. The topological polar surface area (TPSA) is 98.5 Å². The van der Waals surface area contributed by atoms with Crippen LogP contribution in [0, 0.1) is 5.92 Å². The van der Waals surface area contributed by atoms with Crippen molar-refractivity contribution in [1.29, 1.82) is 0 Å². The van der Waals surface area contributed by atoms with E-state index in [1.54, 1.807) is 6.92 Å². The number of hydrogen-bond donors (Lipinski definition) is 2. The van der Waals surface area contributed by atoms with Gasteiger partial charge in [-0.25, -0.2) is 13.1 Å². The Morgan fingerprint density at radius 1 is 1.41 bits per heavy atom. The highest BCUT2D eigenvalue weighted by molar-refractivity contribution is 7.90. The number of nitrogens with one attached hydrogen (secondary N) is 1. The minimum Gasteiger partial charge on any atom is -0.465 e. The number of hydrogen-bond acceptors (Lipinski definition) is 5. The van der Waals surface area contributed by atoms with Crippen LogP contribution in [0.2, 0.25) is 0 Å². The van der Waals surface area contributed by atoms with Gasteiger partial charge >= 0.3 is 5.97 Å². The molecule has 0 aromatic rings. The lowest BCUT2D eigenvalue weighted by Gasteiger charge is -2.14. The van der Waals surface area contributed by atoms with E-state index in [0.29, 0.717) is 5.92 Å². The summed E-state index contributed by atoms with van der Waals surface area (Å²) < 4.78 is 29.7. The Balaban J connectivity index is 4.05. The molecule has 0 rings (SSSR count). The highest BCUT2D eigenvalue weighted by Gasteiger charge is 2.18. The summed E-state index contributed by atoms with van der Waals surface area (Å²) in [6.45, 7) is 5.94. The molecule has 102 valence electrons. The normalized spacial score (nSPS) is 13.7. The van der Waals surface area contributed by atoms with Crippen LogP contribution >= 0.6 is 0 Å². The van der Waals surface area contributed by atoms with Gasteiger partial charge in [0.05, 0.1) is 6.61 Å². The Kier molecular flexibility index (Phi) is 7.33. The standard InChI is InChI=1S/C10H22N2O4S/c1-4-16-10(13)7-17(14,15)12-6-9(11)5-8(2)3/h8-9,12H,4-7,11H2,1-3H3. The predicted molar refractivity (Wildman–Crippen MR) is 65.9 cm³/mol. The van der Waals surface area contributed by atoms with Crippen LogP contribution in [0.4, 0.5) is 0 Å². The zero-order chi connectivity index (χ0) is 13.5. The molecule has 0 radical (unpaired) electrons. The largest absolute Gasteiger partial charge is 0.465 e. The first kappa shape index (κ1) is 16.3. The average molecular weight is 266 g/mol. The zero-order valence-corrected chi connectivity index (χ0v) is 11.4. The highest BCUT2D eigenvalue weighted by Crippen LogP contribution is 2.02. The number of ether oxygens (including phenoxy) is 1. The van der Waals surface area contributed by atoms with Crippen molar-refractivity contribution in [2.75, 3.05) is 18.9 Å². The molecule has 0 aliphatic carbocycles. The lowest BCUT2D eigenvalue weighted by atomic mass is 10.1. The fraction of sp³-hybridized carbons (Fsp3) is 0.900. The summed E-state index contributed by atoms with van der Waals surface area (Å²) in [4.78, 5) is 11.0. The van der Waals surface area contributed by atoms with E-state index < -0.39 is 21.7 Å².